The van der Waals surface area contributed by atoms with Crippen molar-refractivity contribution < 1.29 is 5.11 Å². The number of aliphatic hydroxyl groups is 1. The van der Waals surface area contributed by atoms with Crippen molar-refractivity contribution in [3.63, 3.8) is 0 Å². The van der Waals surface area contributed by atoms with Gasteiger partial charge in [0.15, 0.2) is 0 Å². The van der Waals surface area contributed by atoms with E-state index in [1.165, 1.54) is 0 Å². The van der Waals surface area contributed by atoms with Crippen LogP contribution in [-0.2, 0) is 13.1 Å². The molecule has 0 bridgehead atoms. The summed E-state index contributed by atoms with van der Waals surface area (Å²) in [6.07, 6.45) is 7.21. The van der Waals surface area contributed by atoms with Gasteiger partial charge in [-0.25, -0.2) is 15.0 Å². The van der Waals surface area contributed by atoms with E-state index in [0.29, 0.717) is 11.7 Å². The van der Waals surface area contributed by atoms with Crippen molar-refractivity contribution in [1.29, 1.82) is 0 Å². The van der Waals surface area contributed by atoms with Crippen LogP contribution < -0.4 is 0 Å². The number of hydrogen-bond donors (Lipinski definition) is 1. The van der Waals surface area contributed by atoms with Gasteiger partial charge in [0, 0.05) is 43.8 Å². The van der Waals surface area contributed by atoms with Crippen molar-refractivity contribution in [2.45, 2.75) is 38.5 Å². The van der Waals surface area contributed by atoms with E-state index in [1.54, 1.807) is 6.07 Å². The van der Waals surface area contributed by atoms with Crippen LogP contribution in [0.15, 0.2) is 36.8 Å². The Kier molecular flexibility index (Phi) is 4.65. The molecule has 7 heteroatoms. The summed E-state index contributed by atoms with van der Waals surface area (Å²) < 4.78 is 2.07. The number of hydrogen-bond acceptors (Lipinski definition) is 5. The highest BCUT2D eigenvalue weighted by atomic mass is 35.5. The minimum atomic E-state index is -0.703. The number of rotatable bonds is 4. The smallest absolute Gasteiger partial charge is 0.129 e. The highest BCUT2D eigenvalue weighted by molar-refractivity contribution is 6.29. The van der Waals surface area contributed by atoms with Gasteiger partial charge in [-0.1, -0.05) is 11.6 Å². The van der Waals surface area contributed by atoms with Crippen LogP contribution in [0.4, 0.5) is 0 Å². The predicted octanol–water partition coefficient (Wildman–Crippen LogP) is 2.82. The first-order valence-corrected chi connectivity index (χ1v) is 9.22. The lowest BCUT2D eigenvalue weighted by molar-refractivity contribution is -0.0349. The van der Waals surface area contributed by atoms with Gasteiger partial charge in [0.05, 0.1) is 23.2 Å². The molecule has 1 saturated heterocycles. The predicted molar refractivity (Wildman–Crippen MR) is 101 cm³/mol. The number of piperidine rings is 1. The largest absolute Gasteiger partial charge is 0.388 e. The molecule has 0 saturated carbocycles. The van der Waals surface area contributed by atoms with Gasteiger partial charge < -0.3 is 9.67 Å². The maximum Gasteiger partial charge on any atom is 0.129 e. The van der Waals surface area contributed by atoms with Crippen LogP contribution in [0.3, 0.4) is 0 Å². The topological polar surface area (TPSA) is 67.1 Å². The molecule has 0 atom stereocenters. The molecule has 0 aromatic carbocycles. The third-order valence-corrected chi connectivity index (χ3v) is 5.29. The standard InChI is InChI=1S/C19H22ClN5O/c1-14-21-10-15(11-22-14)12-24-8-5-19(26,6-9-24)13-25-7-4-16-17(25)2-3-18(20)23-16/h2-4,7,10-11,26H,5-6,8-9,12-13H2,1H3. The van der Waals surface area contributed by atoms with Crippen LogP contribution >= 0.6 is 11.6 Å². The van der Waals surface area contributed by atoms with Crippen molar-refractivity contribution in [2.24, 2.45) is 0 Å². The summed E-state index contributed by atoms with van der Waals surface area (Å²) in [6.45, 7) is 4.99. The first-order valence-electron chi connectivity index (χ1n) is 8.84. The van der Waals surface area contributed by atoms with E-state index in [2.05, 4.69) is 24.4 Å². The summed E-state index contributed by atoms with van der Waals surface area (Å²) in [4.78, 5) is 15.2. The number of halogens is 1. The maximum absolute atomic E-state index is 11.1. The monoisotopic (exact) mass is 371 g/mol. The van der Waals surface area contributed by atoms with Gasteiger partial charge in [0.2, 0.25) is 0 Å². The van der Waals surface area contributed by atoms with Crippen LogP contribution in [0, 0.1) is 6.92 Å². The van der Waals surface area contributed by atoms with E-state index >= 15 is 0 Å². The van der Waals surface area contributed by atoms with Crippen LogP contribution in [0.25, 0.3) is 11.0 Å². The van der Waals surface area contributed by atoms with Gasteiger partial charge in [0.25, 0.3) is 0 Å². The molecule has 1 N–H and O–H groups in total. The quantitative estimate of drug-likeness (QED) is 0.714. The Morgan fingerprint density at radius 1 is 1.15 bits per heavy atom. The molecule has 0 aliphatic carbocycles. The van der Waals surface area contributed by atoms with Gasteiger partial charge in [0.1, 0.15) is 11.0 Å². The van der Waals surface area contributed by atoms with E-state index in [1.807, 2.05) is 37.6 Å². The number of likely N-dealkylation sites (tertiary alicyclic amines) is 1. The van der Waals surface area contributed by atoms with E-state index < -0.39 is 5.60 Å². The molecular weight excluding hydrogens is 350 g/mol. The normalized spacial score (nSPS) is 17.7. The van der Waals surface area contributed by atoms with Crippen LogP contribution in [0.2, 0.25) is 5.15 Å². The number of fused-ring (bicyclic) bond motifs is 1. The number of aromatic nitrogens is 4. The third kappa shape index (κ3) is 3.72. The molecule has 1 fully saturated rings. The van der Waals surface area contributed by atoms with E-state index in [4.69, 9.17) is 11.6 Å². The molecule has 26 heavy (non-hydrogen) atoms. The third-order valence-electron chi connectivity index (χ3n) is 5.08. The van der Waals surface area contributed by atoms with Gasteiger partial charge >= 0.3 is 0 Å². The summed E-state index contributed by atoms with van der Waals surface area (Å²) >= 11 is 5.95. The summed E-state index contributed by atoms with van der Waals surface area (Å²) in [5.41, 5.74) is 2.27. The molecule has 3 aromatic rings. The number of pyridine rings is 1. The summed E-state index contributed by atoms with van der Waals surface area (Å²) in [5.74, 6) is 0.788. The summed E-state index contributed by atoms with van der Waals surface area (Å²) in [7, 11) is 0. The molecule has 6 nitrogen and oxygen atoms in total. The molecular formula is C19H22ClN5O. The van der Waals surface area contributed by atoms with E-state index in [9.17, 15) is 5.11 Å². The molecule has 3 aromatic heterocycles. The Labute approximate surface area is 157 Å². The fourth-order valence-corrected chi connectivity index (χ4v) is 3.70. The average Bonchev–Trinajstić information content (AvgIpc) is 3.00. The number of aryl methyl sites for hydroxylation is 1. The van der Waals surface area contributed by atoms with E-state index in [-0.39, 0.29) is 0 Å². The van der Waals surface area contributed by atoms with Gasteiger partial charge in [-0.15, -0.1) is 0 Å². The summed E-state index contributed by atoms with van der Waals surface area (Å²) in [5, 5.41) is 11.5. The molecule has 0 unspecified atom stereocenters. The first-order chi connectivity index (χ1) is 12.5. The van der Waals surface area contributed by atoms with Gasteiger partial charge in [-0.3, -0.25) is 4.90 Å². The Morgan fingerprint density at radius 3 is 2.62 bits per heavy atom. The minimum absolute atomic E-state index is 0.488. The molecule has 136 valence electrons. The van der Waals surface area contributed by atoms with Crippen molar-refractivity contribution >= 4 is 22.6 Å². The Bertz CT molecular complexity index is 900. The lowest BCUT2D eigenvalue weighted by Gasteiger charge is -2.38. The molecule has 1 aliphatic rings. The summed E-state index contributed by atoms with van der Waals surface area (Å²) in [6, 6.07) is 5.69. The fraction of sp³-hybridized carbons (Fsp3) is 0.421. The molecule has 0 spiro atoms. The zero-order chi connectivity index (χ0) is 18.1. The Morgan fingerprint density at radius 2 is 1.88 bits per heavy atom. The number of nitrogens with zero attached hydrogens (tertiary/aromatic N) is 5. The molecule has 0 amide bonds. The minimum Gasteiger partial charge on any atom is -0.388 e. The second kappa shape index (κ2) is 6.95. The van der Waals surface area contributed by atoms with Crippen LogP contribution in [0.1, 0.15) is 24.2 Å². The molecule has 1 aliphatic heterocycles. The second-order valence-corrected chi connectivity index (χ2v) is 7.51. The zero-order valence-corrected chi connectivity index (χ0v) is 15.5. The zero-order valence-electron chi connectivity index (χ0n) is 14.8. The molecule has 4 rings (SSSR count). The Hall–Kier alpha value is -2.02. The van der Waals surface area contributed by atoms with Crippen molar-refractivity contribution in [1.82, 2.24) is 24.4 Å². The average molecular weight is 372 g/mol. The lowest BCUT2D eigenvalue weighted by Crippen LogP contribution is -2.46. The SMILES string of the molecule is Cc1ncc(CN2CCC(O)(Cn3ccc4nc(Cl)ccc43)CC2)cn1. The van der Waals surface area contributed by atoms with E-state index in [0.717, 1.165) is 54.9 Å². The van der Waals surface area contributed by atoms with Crippen molar-refractivity contribution in [3.8, 4) is 0 Å². The maximum atomic E-state index is 11.1. The Balaban J connectivity index is 1.40. The second-order valence-electron chi connectivity index (χ2n) is 7.12. The lowest BCUT2D eigenvalue weighted by atomic mass is 9.91. The van der Waals surface area contributed by atoms with Crippen LogP contribution in [-0.4, -0.2) is 48.2 Å². The highest BCUT2D eigenvalue weighted by Crippen LogP contribution is 2.27. The molecule has 0 radical (unpaired) electrons. The van der Waals surface area contributed by atoms with Gasteiger partial charge in [-0.05, 0) is 38.0 Å². The fourth-order valence-electron chi connectivity index (χ4n) is 3.55. The van der Waals surface area contributed by atoms with Crippen molar-refractivity contribution in [3.05, 3.63) is 53.3 Å². The van der Waals surface area contributed by atoms with Crippen LogP contribution in [0.5, 0.6) is 0 Å². The highest BCUT2D eigenvalue weighted by Gasteiger charge is 2.33. The molecule has 4 heterocycles. The van der Waals surface area contributed by atoms with Crippen molar-refractivity contribution in [2.75, 3.05) is 13.1 Å². The first kappa shape index (κ1) is 17.4. The van der Waals surface area contributed by atoms with Gasteiger partial charge in [-0.2, -0.15) is 0 Å².